The number of hydrogen-bond donors (Lipinski definition) is 0. The van der Waals surface area contributed by atoms with Gasteiger partial charge in [0.05, 0.1) is 23.5 Å². The van der Waals surface area contributed by atoms with Gasteiger partial charge in [0.2, 0.25) is 11.5 Å². The summed E-state index contributed by atoms with van der Waals surface area (Å²) >= 11 is 0. The van der Waals surface area contributed by atoms with Crippen LogP contribution in [0, 0.1) is 26.7 Å². The molecule has 2 aliphatic heterocycles. The smallest absolute Gasteiger partial charge is 0.307 e. The summed E-state index contributed by atoms with van der Waals surface area (Å²) < 4.78 is 17.4. The minimum absolute atomic E-state index is 0.0414. The molecule has 2 amide bonds. The van der Waals surface area contributed by atoms with Gasteiger partial charge < -0.3 is 14.2 Å². The second-order valence-corrected chi connectivity index (χ2v) is 9.92. The van der Waals surface area contributed by atoms with Gasteiger partial charge in [-0.15, -0.1) is 0 Å². The first kappa shape index (κ1) is 24.7. The molecule has 1 aliphatic carbocycles. The summed E-state index contributed by atoms with van der Waals surface area (Å²) in [5, 5.41) is 0. The lowest BCUT2D eigenvalue weighted by Gasteiger charge is -2.37. The first-order valence-electron chi connectivity index (χ1n) is 12.5. The summed E-state index contributed by atoms with van der Waals surface area (Å²) in [7, 11) is 0. The number of allylic oxidation sites excluding steroid dienone is 1. The van der Waals surface area contributed by atoms with E-state index in [9.17, 15) is 19.2 Å². The molecule has 5 rings (SSSR count). The summed E-state index contributed by atoms with van der Waals surface area (Å²) in [5.41, 5.74) is 3.80. The molecule has 2 heterocycles. The second kappa shape index (κ2) is 9.84. The maximum atomic E-state index is 13.1. The fraction of sp³-hybridized carbons (Fsp3) is 0.379. The maximum Gasteiger partial charge on any atom is 0.307 e. The lowest BCUT2D eigenvalue weighted by molar-refractivity contribution is -0.155. The van der Waals surface area contributed by atoms with Gasteiger partial charge in [0, 0.05) is 13.0 Å². The number of carbonyl (C=O) groups excluding carboxylic acids is 4. The minimum Gasteiger partial charge on any atom is -0.493 e. The quantitative estimate of drug-likeness (QED) is 0.430. The highest BCUT2D eigenvalue weighted by atomic mass is 16.6. The fourth-order valence-electron chi connectivity index (χ4n) is 5.23. The van der Waals surface area contributed by atoms with Crippen LogP contribution < -0.4 is 4.74 Å². The zero-order valence-corrected chi connectivity index (χ0v) is 21.1. The zero-order chi connectivity index (χ0) is 26.3. The molecule has 3 unspecified atom stereocenters. The lowest BCUT2D eigenvalue weighted by Crippen LogP contribution is -2.43. The minimum atomic E-state index is -0.494. The molecular weight excluding hydrogens is 474 g/mol. The van der Waals surface area contributed by atoms with Crippen LogP contribution in [0.15, 0.2) is 48.4 Å². The lowest BCUT2D eigenvalue weighted by atomic mass is 9.80. The summed E-state index contributed by atoms with van der Waals surface area (Å²) in [4.78, 5) is 51.7. The Hall–Kier alpha value is -3.94. The van der Waals surface area contributed by atoms with Gasteiger partial charge in [-0.3, -0.25) is 24.1 Å². The molecule has 192 valence electrons. The summed E-state index contributed by atoms with van der Waals surface area (Å²) in [6.07, 6.45) is 1.89. The Morgan fingerprint density at radius 2 is 1.73 bits per heavy atom. The molecule has 0 spiro atoms. The van der Waals surface area contributed by atoms with Crippen LogP contribution >= 0.6 is 0 Å². The van der Waals surface area contributed by atoms with Crippen LogP contribution in [0.4, 0.5) is 0 Å². The second-order valence-electron chi connectivity index (χ2n) is 9.92. The predicted octanol–water partition coefficient (Wildman–Crippen LogP) is 4.20. The normalized spacial score (nSPS) is 22.7. The molecule has 2 aromatic carbocycles. The molecule has 0 saturated heterocycles. The molecule has 3 aliphatic rings. The van der Waals surface area contributed by atoms with E-state index in [0.717, 1.165) is 21.6 Å². The SMILES string of the molecule is Cc1cc(C)c(C)c(OC2=COC3CC(OC(=O)CCN4C(=O)c5ccccc5C4=O)CCC3C2=O)c1. The number of rotatable bonds is 6. The van der Waals surface area contributed by atoms with Crippen LogP contribution in [-0.2, 0) is 19.1 Å². The highest BCUT2D eigenvalue weighted by Crippen LogP contribution is 2.36. The number of carbonyl (C=O) groups is 4. The van der Waals surface area contributed by atoms with Gasteiger partial charge in [0.25, 0.3) is 11.8 Å². The molecule has 2 aromatic rings. The third-order valence-electron chi connectivity index (χ3n) is 7.37. The van der Waals surface area contributed by atoms with E-state index < -0.39 is 30.0 Å². The monoisotopic (exact) mass is 503 g/mol. The Kier molecular flexibility index (Phi) is 6.58. The first-order chi connectivity index (χ1) is 17.7. The largest absolute Gasteiger partial charge is 0.493 e. The van der Waals surface area contributed by atoms with Crippen LogP contribution in [0.1, 0.15) is 63.1 Å². The summed E-state index contributed by atoms with van der Waals surface area (Å²) in [6, 6.07) is 10.6. The highest BCUT2D eigenvalue weighted by Gasteiger charge is 2.42. The maximum absolute atomic E-state index is 13.1. The Morgan fingerprint density at radius 1 is 1.03 bits per heavy atom. The van der Waals surface area contributed by atoms with Crippen LogP contribution in [0.5, 0.6) is 5.75 Å². The van der Waals surface area contributed by atoms with Crippen molar-refractivity contribution in [1.82, 2.24) is 4.90 Å². The Balaban J connectivity index is 1.15. The van der Waals surface area contributed by atoms with Gasteiger partial charge in [-0.2, -0.15) is 0 Å². The van der Waals surface area contributed by atoms with Crippen LogP contribution in [0.3, 0.4) is 0 Å². The molecule has 8 heteroatoms. The number of nitrogens with zero attached hydrogens (tertiary/aromatic N) is 1. The van der Waals surface area contributed by atoms with E-state index in [1.807, 2.05) is 26.8 Å². The van der Waals surface area contributed by atoms with E-state index >= 15 is 0 Å². The number of ether oxygens (including phenoxy) is 3. The molecule has 8 nitrogen and oxygen atoms in total. The number of imide groups is 1. The van der Waals surface area contributed by atoms with Crippen molar-refractivity contribution in [1.29, 1.82) is 0 Å². The van der Waals surface area contributed by atoms with Gasteiger partial charge in [0.1, 0.15) is 24.2 Å². The standard InChI is InChI=1S/C29H29NO7/c1-16-12-17(2)18(3)23(13-16)37-25-15-35-24-14-19(8-9-22(24)27(25)32)36-26(31)10-11-30-28(33)20-6-4-5-7-21(20)29(30)34/h4-7,12-13,15,19,22,24H,8-11,14H2,1-3H3. The third-order valence-corrected chi connectivity index (χ3v) is 7.37. The summed E-state index contributed by atoms with van der Waals surface area (Å²) in [6.45, 7) is 5.89. The predicted molar refractivity (Wildman–Crippen MR) is 133 cm³/mol. The third kappa shape index (κ3) is 4.75. The van der Waals surface area contributed by atoms with Crippen molar-refractivity contribution in [3.8, 4) is 5.75 Å². The average Bonchev–Trinajstić information content (AvgIpc) is 3.12. The van der Waals surface area contributed by atoms with Crippen LogP contribution in [-0.4, -0.2) is 47.2 Å². The van der Waals surface area contributed by atoms with E-state index in [4.69, 9.17) is 14.2 Å². The van der Waals surface area contributed by atoms with Crippen molar-refractivity contribution in [3.63, 3.8) is 0 Å². The highest BCUT2D eigenvalue weighted by molar-refractivity contribution is 6.21. The van der Waals surface area contributed by atoms with Gasteiger partial charge in [-0.25, -0.2) is 0 Å². The molecule has 37 heavy (non-hydrogen) atoms. The number of amides is 2. The number of fused-ring (bicyclic) bond motifs is 2. The number of benzene rings is 2. The van der Waals surface area contributed by atoms with E-state index in [2.05, 4.69) is 6.07 Å². The van der Waals surface area contributed by atoms with Crippen LogP contribution in [0.25, 0.3) is 0 Å². The number of hydrogen-bond acceptors (Lipinski definition) is 7. The molecule has 0 aromatic heterocycles. The Labute approximate surface area is 215 Å². The van der Waals surface area contributed by atoms with Crippen molar-refractivity contribution in [2.75, 3.05) is 6.54 Å². The number of aryl methyl sites for hydroxylation is 2. The number of esters is 1. The topological polar surface area (TPSA) is 99.2 Å². The van der Waals surface area contributed by atoms with E-state index in [1.165, 1.54) is 6.26 Å². The van der Waals surface area contributed by atoms with Gasteiger partial charge in [-0.05, 0) is 68.5 Å². The fourth-order valence-corrected chi connectivity index (χ4v) is 5.23. The van der Waals surface area contributed by atoms with Gasteiger partial charge >= 0.3 is 5.97 Å². The Morgan fingerprint density at radius 3 is 2.43 bits per heavy atom. The van der Waals surface area contributed by atoms with Crippen molar-refractivity contribution < 1.29 is 33.4 Å². The molecule has 1 saturated carbocycles. The van der Waals surface area contributed by atoms with E-state index in [0.29, 0.717) is 36.1 Å². The van der Waals surface area contributed by atoms with Crippen molar-refractivity contribution in [2.45, 2.75) is 58.7 Å². The van der Waals surface area contributed by atoms with Gasteiger partial charge in [-0.1, -0.05) is 18.2 Å². The molecule has 0 radical (unpaired) electrons. The van der Waals surface area contributed by atoms with Crippen molar-refractivity contribution >= 4 is 23.6 Å². The molecule has 3 atom stereocenters. The zero-order valence-electron chi connectivity index (χ0n) is 21.1. The van der Waals surface area contributed by atoms with Crippen LogP contribution in [0.2, 0.25) is 0 Å². The molecule has 0 N–H and O–H groups in total. The van der Waals surface area contributed by atoms with Crippen molar-refractivity contribution in [3.05, 3.63) is 76.2 Å². The number of ketones is 1. The van der Waals surface area contributed by atoms with Crippen molar-refractivity contribution in [2.24, 2.45) is 5.92 Å². The number of Topliss-reactive ketones (excluding diaryl/α,β-unsaturated/α-hetero) is 1. The van der Waals surface area contributed by atoms with E-state index in [-0.39, 0.29) is 30.4 Å². The molecule has 1 fully saturated rings. The Bertz CT molecular complexity index is 1290. The first-order valence-corrected chi connectivity index (χ1v) is 12.5. The molecule has 0 bridgehead atoms. The molecular formula is C29H29NO7. The average molecular weight is 504 g/mol. The van der Waals surface area contributed by atoms with Gasteiger partial charge in [0.15, 0.2) is 0 Å². The summed E-state index contributed by atoms with van der Waals surface area (Å²) in [5.74, 6) is -0.935. The van der Waals surface area contributed by atoms with E-state index in [1.54, 1.807) is 24.3 Å².